The lowest BCUT2D eigenvalue weighted by atomic mass is 10.4. The van der Waals surface area contributed by atoms with Gasteiger partial charge in [0.05, 0.1) is 5.75 Å². The van der Waals surface area contributed by atoms with Crippen molar-refractivity contribution in [2.24, 2.45) is 0 Å². The van der Waals surface area contributed by atoms with Gasteiger partial charge in [0.15, 0.2) is 5.16 Å². The summed E-state index contributed by atoms with van der Waals surface area (Å²) in [5.74, 6) is -0.456. The van der Waals surface area contributed by atoms with Crippen molar-refractivity contribution in [2.75, 3.05) is 5.75 Å². The molecule has 0 aliphatic carbocycles. The Hall–Kier alpha value is -1.83. The molecular weight excluding hydrogens is 256 g/mol. The number of nitrogens with one attached hydrogen (secondary N) is 3. The van der Waals surface area contributed by atoms with Crippen LogP contribution in [0.1, 0.15) is 13.8 Å². The average molecular weight is 270 g/mol. The van der Waals surface area contributed by atoms with E-state index in [-0.39, 0.29) is 17.4 Å². The quantitative estimate of drug-likeness (QED) is 0.531. The minimum absolute atomic E-state index is 0.00152. The fourth-order valence-electron chi connectivity index (χ4n) is 1.02. The standard InChI is InChI=1S/C10H14N4O3S/c1-6(2)12-9(17)13-8(16)5-18-10-11-4-3-7(15)14-10/h3-4,6H,5H2,1-2H3,(H,11,14,15)(H2,12,13,16,17). The summed E-state index contributed by atoms with van der Waals surface area (Å²) in [5.41, 5.74) is -0.287. The van der Waals surface area contributed by atoms with Crippen molar-refractivity contribution in [3.63, 3.8) is 0 Å². The first kappa shape index (κ1) is 14.2. The van der Waals surface area contributed by atoms with Crippen LogP contribution in [-0.4, -0.2) is 33.7 Å². The Kier molecular flexibility index (Phi) is 5.37. The summed E-state index contributed by atoms with van der Waals surface area (Å²) in [4.78, 5) is 39.9. The summed E-state index contributed by atoms with van der Waals surface area (Å²) in [6.07, 6.45) is 1.35. The molecule has 98 valence electrons. The molecule has 1 aromatic heterocycles. The molecule has 7 nitrogen and oxygen atoms in total. The second-order valence-electron chi connectivity index (χ2n) is 3.70. The number of carbonyl (C=O) groups excluding carboxylic acids is 2. The summed E-state index contributed by atoms with van der Waals surface area (Å²) in [6, 6.07) is 0.697. The largest absolute Gasteiger partial charge is 0.336 e. The van der Waals surface area contributed by atoms with Gasteiger partial charge in [0.25, 0.3) is 5.56 Å². The molecule has 0 fully saturated rings. The summed E-state index contributed by atoms with van der Waals surface area (Å²) in [5, 5.41) is 5.03. The molecule has 0 bridgehead atoms. The van der Waals surface area contributed by atoms with Crippen LogP contribution in [0.3, 0.4) is 0 Å². The number of nitrogens with zero attached hydrogens (tertiary/aromatic N) is 1. The van der Waals surface area contributed by atoms with Gasteiger partial charge in [-0.1, -0.05) is 11.8 Å². The molecular formula is C10H14N4O3S. The molecule has 3 amide bonds. The maximum absolute atomic E-state index is 11.4. The molecule has 0 unspecified atom stereocenters. The fraction of sp³-hybridized carbons (Fsp3) is 0.400. The van der Waals surface area contributed by atoms with Crippen molar-refractivity contribution in [1.82, 2.24) is 20.6 Å². The van der Waals surface area contributed by atoms with Gasteiger partial charge in [-0.3, -0.25) is 14.9 Å². The van der Waals surface area contributed by atoms with E-state index in [1.54, 1.807) is 13.8 Å². The maximum Gasteiger partial charge on any atom is 0.321 e. The van der Waals surface area contributed by atoms with Crippen LogP contribution in [0.2, 0.25) is 0 Å². The third kappa shape index (κ3) is 5.48. The number of imide groups is 1. The predicted molar refractivity (Wildman–Crippen MR) is 67.4 cm³/mol. The van der Waals surface area contributed by atoms with Crippen molar-refractivity contribution in [2.45, 2.75) is 25.0 Å². The molecule has 1 aromatic rings. The number of rotatable bonds is 4. The number of H-pyrrole nitrogens is 1. The number of amides is 3. The van der Waals surface area contributed by atoms with E-state index in [4.69, 9.17) is 0 Å². The molecule has 18 heavy (non-hydrogen) atoms. The monoisotopic (exact) mass is 270 g/mol. The van der Waals surface area contributed by atoms with Crippen LogP contribution in [0.15, 0.2) is 22.2 Å². The highest BCUT2D eigenvalue weighted by Crippen LogP contribution is 2.08. The first-order valence-electron chi connectivity index (χ1n) is 5.26. The Morgan fingerprint density at radius 2 is 2.22 bits per heavy atom. The lowest BCUT2D eigenvalue weighted by Crippen LogP contribution is -2.43. The van der Waals surface area contributed by atoms with Crippen LogP contribution >= 0.6 is 11.8 Å². The van der Waals surface area contributed by atoms with E-state index in [0.29, 0.717) is 5.16 Å². The van der Waals surface area contributed by atoms with Crippen LogP contribution in [0.25, 0.3) is 0 Å². The third-order valence-corrected chi connectivity index (χ3v) is 2.55. The average Bonchev–Trinajstić information content (AvgIpc) is 2.25. The molecule has 1 heterocycles. The first-order valence-corrected chi connectivity index (χ1v) is 6.24. The van der Waals surface area contributed by atoms with Gasteiger partial charge in [-0.25, -0.2) is 9.78 Å². The van der Waals surface area contributed by atoms with Gasteiger partial charge >= 0.3 is 6.03 Å². The molecule has 0 aliphatic rings. The molecule has 0 aromatic carbocycles. The minimum atomic E-state index is -0.537. The smallest absolute Gasteiger partial charge is 0.321 e. The number of urea groups is 1. The van der Waals surface area contributed by atoms with Crippen molar-refractivity contribution < 1.29 is 9.59 Å². The Labute approximate surface area is 108 Å². The van der Waals surface area contributed by atoms with Crippen LogP contribution in [0, 0.1) is 0 Å². The Balaban J connectivity index is 2.37. The summed E-state index contributed by atoms with van der Waals surface area (Å²) >= 11 is 1.04. The van der Waals surface area contributed by atoms with Gasteiger partial charge in [0, 0.05) is 18.3 Å². The van der Waals surface area contributed by atoms with Crippen molar-refractivity contribution in [3.8, 4) is 0 Å². The SMILES string of the molecule is CC(C)NC(=O)NC(=O)CSc1nccc(=O)[nH]1. The van der Waals surface area contributed by atoms with E-state index in [2.05, 4.69) is 20.6 Å². The highest BCUT2D eigenvalue weighted by Gasteiger charge is 2.09. The van der Waals surface area contributed by atoms with Gasteiger partial charge in [-0.2, -0.15) is 0 Å². The zero-order valence-electron chi connectivity index (χ0n) is 10.0. The van der Waals surface area contributed by atoms with Crippen molar-refractivity contribution >= 4 is 23.7 Å². The number of thioether (sulfide) groups is 1. The summed E-state index contributed by atoms with van der Waals surface area (Å²) in [6.45, 7) is 3.58. The van der Waals surface area contributed by atoms with Gasteiger partial charge in [0.1, 0.15) is 0 Å². The topological polar surface area (TPSA) is 104 Å². The molecule has 0 atom stereocenters. The van der Waals surface area contributed by atoms with Gasteiger partial charge in [-0.15, -0.1) is 0 Å². The van der Waals surface area contributed by atoms with Crippen molar-refractivity contribution in [1.29, 1.82) is 0 Å². The molecule has 0 saturated heterocycles. The summed E-state index contributed by atoms with van der Waals surface area (Å²) < 4.78 is 0. The number of hydrogen-bond donors (Lipinski definition) is 3. The van der Waals surface area contributed by atoms with Crippen LogP contribution < -0.4 is 16.2 Å². The minimum Gasteiger partial charge on any atom is -0.336 e. The normalized spacial score (nSPS) is 10.2. The Morgan fingerprint density at radius 3 is 2.83 bits per heavy atom. The van der Waals surface area contributed by atoms with Gasteiger partial charge in [0.2, 0.25) is 5.91 Å². The van der Waals surface area contributed by atoms with Crippen LogP contribution in [0.4, 0.5) is 4.79 Å². The van der Waals surface area contributed by atoms with Crippen LogP contribution in [-0.2, 0) is 4.79 Å². The van der Waals surface area contributed by atoms with E-state index >= 15 is 0 Å². The lowest BCUT2D eigenvalue weighted by molar-refractivity contribution is -0.117. The van der Waals surface area contributed by atoms with Gasteiger partial charge < -0.3 is 10.3 Å². The second-order valence-corrected chi connectivity index (χ2v) is 4.67. The molecule has 0 radical (unpaired) electrons. The van der Waals surface area contributed by atoms with Crippen LogP contribution in [0.5, 0.6) is 0 Å². The Morgan fingerprint density at radius 1 is 1.50 bits per heavy atom. The number of aromatic amines is 1. The van der Waals surface area contributed by atoms with E-state index < -0.39 is 11.9 Å². The zero-order chi connectivity index (χ0) is 13.5. The fourth-order valence-corrected chi connectivity index (χ4v) is 1.67. The Bertz CT molecular complexity index is 486. The van der Waals surface area contributed by atoms with Gasteiger partial charge in [-0.05, 0) is 13.8 Å². The number of hydrogen-bond acceptors (Lipinski definition) is 5. The molecule has 8 heteroatoms. The highest BCUT2D eigenvalue weighted by molar-refractivity contribution is 7.99. The molecule has 1 rings (SSSR count). The first-order chi connectivity index (χ1) is 8.47. The lowest BCUT2D eigenvalue weighted by Gasteiger charge is -2.08. The third-order valence-electron chi connectivity index (χ3n) is 1.66. The van der Waals surface area contributed by atoms with E-state index in [1.807, 2.05) is 0 Å². The van der Waals surface area contributed by atoms with Crippen molar-refractivity contribution in [3.05, 3.63) is 22.6 Å². The highest BCUT2D eigenvalue weighted by atomic mass is 32.2. The summed E-state index contributed by atoms with van der Waals surface area (Å²) in [7, 11) is 0. The molecule has 0 aliphatic heterocycles. The van der Waals surface area contributed by atoms with E-state index in [9.17, 15) is 14.4 Å². The second kappa shape index (κ2) is 6.80. The zero-order valence-corrected chi connectivity index (χ0v) is 10.8. The predicted octanol–water partition coefficient (Wildman–Crippen LogP) is 0.0962. The van der Waals surface area contributed by atoms with E-state index in [0.717, 1.165) is 11.8 Å². The molecule has 0 spiro atoms. The molecule has 0 saturated carbocycles. The van der Waals surface area contributed by atoms with E-state index in [1.165, 1.54) is 12.3 Å². The number of aromatic nitrogens is 2. The molecule has 3 N–H and O–H groups in total. The number of carbonyl (C=O) groups is 2. The maximum atomic E-state index is 11.4.